The van der Waals surface area contributed by atoms with Crippen LogP contribution in [0.3, 0.4) is 0 Å². The molecule has 0 atom stereocenters. The molecule has 0 aliphatic heterocycles. The molecule has 0 saturated carbocycles. The summed E-state index contributed by atoms with van der Waals surface area (Å²) in [5.74, 6) is 0. The van der Waals surface area contributed by atoms with Crippen LogP contribution in [0.25, 0.3) is 10.9 Å². The fourth-order valence-electron chi connectivity index (χ4n) is 1.76. The summed E-state index contributed by atoms with van der Waals surface area (Å²) in [5.41, 5.74) is 3.10. The second kappa shape index (κ2) is 3.24. The number of rotatable bonds is 1. The maximum atomic E-state index is 5.90. The van der Waals surface area contributed by atoms with Gasteiger partial charge < -0.3 is 0 Å². The summed E-state index contributed by atoms with van der Waals surface area (Å²) in [7, 11) is 1.93. The van der Waals surface area contributed by atoms with E-state index in [9.17, 15) is 0 Å². The lowest BCUT2D eigenvalue weighted by Crippen LogP contribution is -1.90. The Labute approximate surface area is 87.7 Å². The van der Waals surface area contributed by atoms with Crippen molar-refractivity contribution in [3.05, 3.63) is 22.6 Å². The summed E-state index contributed by atoms with van der Waals surface area (Å²) >= 11 is 5.90. The van der Waals surface area contributed by atoms with Gasteiger partial charge in [0.1, 0.15) is 5.15 Å². The van der Waals surface area contributed by atoms with Gasteiger partial charge in [0, 0.05) is 18.5 Å². The smallest absolute Gasteiger partial charge is 0.131 e. The number of fused-ring (bicyclic) bond motifs is 1. The Bertz CT molecular complexity index is 488. The molecule has 0 aromatic carbocycles. The van der Waals surface area contributed by atoms with Crippen molar-refractivity contribution in [1.82, 2.24) is 14.8 Å². The molecule has 14 heavy (non-hydrogen) atoms. The van der Waals surface area contributed by atoms with Crippen molar-refractivity contribution in [2.75, 3.05) is 0 Å². The summed E-state index contributed by atoms with van der Waals surface area (Å²) in [6.07, 6.45) is 0.918. The first-order chi connectivity index (χ1) is 6.63. The van der Waals surface area contributed by atoms with Gasteiger partial charge in [-0.25, -0.2) is 4.98 Å². The minimum Gasteiger partial charge on any atom is -0.267 e. The first-order valence-electron chi connectivity index (χ1n) is 4.62. The van der Waals surface area contributed by atoms with Gasteiger partial charge in [-0.1, -0.05) is 18.5 Å². The maximum Gasteiger partial charge on any atom is 0.131 e. The zero-order valence-electron chi connectivity index (χ0n) is 8.50. The average Bonchev–Trinajstić information content (AvgIpc) is 2.43. The summed E-state index contributed by atoms with van der Waals surface area (Å²) in [5, 5.41) is 6.09. The van der Waals surface area contributed by atoms with Crippen LogP contribution in [0.4, 0.5) is 0 Å². The van der Waals surface area contributed by atoms with Gasteiger partial charge in [0.2, 0.25) is 0 Å². The van der Waals surface area contributed by atoms with Crippen LogP contribution in [0, 0.1) is 6.92 Å². The minimum absolute atomic E-state index is 0.528. The zero-order valence-corrected chi connectivity index (χ0v) is 9.26. The average molecular weight is 210 g/mol. The Balaban J connectivity index is 2.89. The predicted molar refractivity (Wildman–Crippen MR) is 57.6 cm³/mol. The van der Waals surface area contributed by atoms with Crippen molar-refractivity contribution in [2.45, 2.75) is 20.3 Å². The van der Waals surface area contributed by atoms with Gasteiger partial charge in [0.05, 0.1) is 16.9 Å². The van der Waals surface area contributed by atoms with Crippen molar-refractivity contribution in [1.29, 1.82) is 0 Å². The van der Waals surface area contributed by atoms with E-state index < -0.39 is 0 Å². The number of pyridine rings is 1. The van der Waals surface area contributed by atoms with Crippen LogP contribution in [0.1, 0.15) is 18.3 Å². The van der Waals surface area contributed by atoms with E-state index in [4.69, 9.17) is 11.6 Å². The lowest BCUT2D eigenvalue weighted by molar-refractivity contribution is 0.770. The second-order valence-electron chi connectivity index (χ2n) is 3.35. The number of halogens is 1. The van der Waals surface area contributed by atoms with E-state index in [1.807, 2.05) is 24.7 Å². The van der Waals surface area contributed by atoms with Crippen molar-refractivity contribution in [3.63, 3.8) is 0 Å². The van der Waals surface area contributed by atoms with Crippen LogP contribution in [-0.2, 0) is 13.5 Å². The molecule has 2 rings (SSSR count). The fourth-order valence-corrected chi connectivity index (χ4v) is 1.99. The quantitative estimate of drug-likeness (QED) is 0.676. The molecule has 0 radical (unpaired) electrons. The largest absolute Gasteiger partial charge is 0.267 e. The molecular formula is C10H12ClN3. The third-order valence-corrected chi connectivity index (χ3v) is 2.58. The lowest BCUT2D eigenvalue weighted by Gasteiger charge is -1.98. The number of hydrogen-bond donors (Lipinski definition) is 0. The first kappa shape index (κ1) is 9.46. The third kappa shape index (κ3) is 1.28. The van der Waals surface area contributed by atoms with E-state index in [1.165, 1.54) is 0 Å². The lowest BCUT2D eigenvalue weighted by atomic mass is 10.1. The number of aryl methyl sites for hydroxylation is 3. The first-order valence-corrected chi connectivity index (χ1v) is 5.00. The highest BCUT2D eigenvalue weighted by atomic mass is 35.5. The molecule has 74 valence electrons. The van der Waals surface area contributed by atoms with Gasteiger partial charge in [0.25, 0.3) is 0 Å². The van der Waals surface area contributed by atoms with E-state index >= 15 is 0 Å². The zero-order chi connectivity index (χ0) is 10.3. The summed E-state index contributed by atoms with van der Waals surface area (Å²) < 4.78 is 1.86. The predicted octanol–water partition coefficient (Wildman–Crippen LogP) is 2.49. The summed E-state index contributed by atoms with van der Waals surface area (Å²) in [6, 6.07) is 1.86. The number of nitrogens with zero attached hydrogens (tertiary/aromatic N) is 3. The Morgan fingerprint density at radius 1 is 1.50 bits per heavy atom. The molecule has 0 unspecified atom stereocenters. The summed E-state index contributed by atoms with van der Waals surface area (Å²) in [4.78, 5) is 4.24. The Kier molecular flexibility index (Phi) is 2.19. The van der Waals surface area contributed by atoms with E-state index in [-0.39, 0.29) is 0 Å². The van der Waals surface area contributed by atoms with Crippen molar-refractivity contribution in [3.8, 4) is 0 Å². The van der Waals surface area contributed by atoms with Gasteiger partial charge in [-0.05, 0) is 13.3 Å². The molecule has 0 bridgehead atoms. The minimum atomic E-state index is 0.528. The summed E-state index contributed by atoms with van der Waals surface area (Å²) in [6.45, 7) is 4.06. The molecule has 4 heteroatoms. The normalized spacial score (nSPS) is 11.1. The van der Waals surface area contributed by atoms with Crippen molar-refractivity contribution < 1.29 is 0 Å². The van der Waals surface area contributed by atoms with E-state index in [2.05, 4.69) is 17.0 Å². The van der Waals surface area contributed by atoms with Crippen molar-refractivity contribution >= 4 is 22.5 Å². The van der Waals surface area contributed by atoms with E-state index in [1.54, 1.807) is 0 Å². The van der Waals surface area contributed by atoms with Gasteiger partial charge >= 0.3 is 0 Å². The Morgan fingerprint density at radius 2 is 2.21 bits per heavy atom. The van der Waals surface area contributed by atoms with Crippen LogP contribution in [-0.4, -0.2) is 14.8 Å². The molecule has 0 aliphatic rings. The van der Waals surface area contributed by atoms with Crippen LogP contribution in [0.5, 0.6) is 0 Å². The van der Waals surface area contributed by atoms with E-state index in [0.29, 0.717) is 5.15 Å². The van der Waals surface area contributed by atoms with Crippen LogP contribution < -0.4 is 0 Å². The molecule has 0 spiro atoms. The van der Waals surface area contributed by atoms with Crippen LogP contribution in [0.15, 0.2) is 6.07 Å². The monoisotopic (exact) mass is 209 g/mol. The topological polar surface area (TPSA) is 30.7 Å². The highest BCUT2D eigenvalue weighted by Gasteiger charge is 2.11. The number of hydrogen-bond acceptors (Lipinski definition) is 2. The molecule has 0 saturated heterocycles. The molecule has 0 fully saturated rings. The molecule has 0 amide bonds. The van der Waals surface area contributed by atoms with Gasteiger partial charge in [-0.2, -0.15) is 5.10 Å². The Hall–Kier alpha value is -1.09. The van der Waals surface area contributed by atoms with Gasteiger partial charge in [-0.3, -0.25) is 4.68 Å². The molecule has 0 N–H and O–H groups in total. The molecule has 2 aromatic rings. The standard InChI is InChI=1S/C10H12ClN3/c1-4-7-10-6(2)12-9(11)5-8(10)14(3)13-7/h5H,4H2,1-3H3. The molecule has 2 aromatic heterocycles. The highest BCUT2D eigenvalue weighted by molar-refractivity contribution is 6.30. The molecule has 3 nitrogen and oxygen atoms in total. The highest BCUT2D eigenvalue weighted by Crippen LogP contribution is 2.23. The molecule has 0 aliphatic carbocycles. The maximum absolute atomic E-state index is 5.90. The Morgan fingerprint density at radius 3 is 2.86 bits per heavy atom. The van der Waals surface area contributed by atoms with Gasteiger partial charge in [0.15, 0.2) is 0 Å². The number of aromatic nitrogens is 3. The van der Waals surface area contributed by atoms with Crippen LogP contribution >= 0.6 is 11.6 Å². The third-order valence-electron chi connectivity index (χ3n) is 2.39. The fraction of sp³-hybridized carbons (Fsp3) is 0.400. The SMILES string of the molecule is CCc1nn(C)c2cc(Cl)nc(C)c12. The second-order valence-corrected chi connectivity index (χ2v) is 3.74. The van der Waals surface area contributed by atoms with Gasteiger partial charge in [-0.15, -0.1) is 0 Å². The van der Waals surface area contributed by atoms with Crippen molar-refractivity contribution in [2.24, 2.45) is 7.05 Å². The molecular weight excluding hydrogens is 198 g/mol. The van der Waals surface area contributed by atoms with E-state index in [0.717, 1.165) is 28.7 Å². The van der Waals surface area contributed by atoms with Crippen LogP contribution in [0.2, 0.25) is 5.15 Å². The molecule has 2 heterocycles.